The second-order valence-corrected chi connectivity index (χ2v) is 10.4. The Morgan fingerprint density at radius 1 is 1.16 bits per heavy atom. The van der Waals surface area contributed by atoms with E-state index < -0.39 is 0 Å². The van der Waals surface area contributed by atoms with Crippen molar-refractivity contribution >= 4 is 40.4 Å². The number of rotatable bonds is 5. The zero-order chi connectivity index (χ0) is 21.8. The first-order chi connectivity index (χ1) is 14.9. The molecule has 0 spiro atoms. The molecule has 1 aromatic heterocycles. The van der Waals surface area contributed by atoms with Crippen molar-refractivity contribution in [1.82, 2.24) is 10.3 Å². The molecule has 1 aliphatic carbocycles. The van der Waals surface area contributed by atoms with Gasteiger partial charge in [0.25, 0.3) is 0 Å². The summed E-state index contributed by atoms with van der Waals surface area (Å²) in [6, 6.07) is 12.5. The fourth-order valence-corrected chi connectivity index (χ4v) is 5.74. The van der Waals surface area contributed by atoms with Crippen LogP contribution in [0.25, 0.3) is 0 Å². The average Bonchev–Trinajstić information content (AvgIpc) is 3.22. The topological polar surface area (TPSA) is 40.2 Å². The summed E-state index contributed by atoms with van der Waals surface area (Å²) in [7, 11) is 0. The van der Waals surface area contributed by atoms with Crippen molar-refractivity contribution in [1.29, 1.82) is 0 Å². The zero-order valence-corrected chi connectivity index (χ0v) is 20.1. The molecule has 6 heteroatoms. The molecule has 2 N–H and O–H groups in total. The number of anilines is 2. The van der Waals surface area contributed by atoms with Gasteiger partial charge in [0, 0.05) is 30.1 Å². The number of aromatic nitrogens is 1. The molecule has 1 saturated heterocycles. The SMILES string of the molecule is C[C@@H]1C[C@H](C)CN(c2ccc(NC(=S)NCC3(c4cccc(Cl)c4)CCCC3)cn2)C1. The van der Waals surface area contributed by atoms with Gasteiger partial charge in [0.2, 0.25) is 0 Å². The third-order valence-corrected chi connectivity index (χ3v) is 7.27. The standard InChI is InChI=1S/C25H33ClN4S/c1-18-12-19(2)16-30(15-18)23-9-8-22(14-27-23)29-24(31)28-17-25(10-3-4-11-25)20-6-5-7-21(26)13-20/h5-9,13-14,18-19H,3-4,10-12,15-17H2,1-2H3,(H2,28,29,31)/t18-,19+. The lowest BCUT2D eigenvalue weighted by Crippen LogP contribution is -2.41. The summed E-state index contributed by atoms with van der Waals surface area (Å²) >= 11 is 11.9. The van der Waals surface area contributed by atoms with Crippen LogP contribution >= 0.6 is 23.8 Å². The molecule has 0 unspecified atom stereocenters. The van der Waals surface area contributed by atoms with Crippen LogP contribution in [0.15, 0.2) is 42.6 Å². The molecule has 1 aromatic carbocycles. The summed E-state index contributed by atoms with van der Waals surface area (Å²) in [5.74, 6) is 2.47. The van der Waals surface area contributed by atoms with Crippen LogP contribution in [-0.2, 0) is 5.41 Å². The number of thiocarbonyl (C=S) groups is 1. The lowest BCUT2D eigenvalue weighted by molar-refractivity contribution is 0.355. The van der Waals surface area contributed by atoms with E-state index >= 15 is 0 Å². The third-order valence-electron chi connectivity index (χ3n) is 6.78. The molecule has 2 atom stereocenters. The fraction of sp³-hybridized carbons (Fsp3) is 0.520. The Morgan fingerprint density at radius 3 is 2.55 bits per heavy atom. The molecule has 0 bridgehead atoms. The van der Waals surface area contributed by atoms with E-state index in [-0.39, 0.29) is 5.41 Å². The van der Waals surface area contributed by atoms with Gasteiger partial charge in [-0.3, -0.25) is 0 Å². The molecular weight excluding hydrogens is 424 g/mol. The van der Waals surface area contributed by atoms with Gasteiger partial charge in [-0.2, -0.15) is 0 Å². The molecule has 31 heavy (non-hydrogen) atoms. The Hall–Kier alpha value is -1.85. The number of piperidine rings is 1. The molecule has 2 aromatic rings. The van der Waals surface area contributed by atoms with Gasteiger partial charge in [0.15, 0.2) is 5.11 Å². The second-order valence-electron chi connectivity index (χ2n) is 9.56. The highest BCUT2D eigenvalue weighted by atomic mass is 35.5. The Bertz CT molecular complexity index is 885. The predicted octanol–water partition coefficient (Wildman–Crippen LogP) is 6.02. The molecular formula is C25H33ClN4S. The number of hydrogen-bond donors (Lipinski definition) is 2. The van der Waals surface area contributed by atoms with Gasteiger partial charge in [0.1, 0.15) is 5.82 Å². The predicted molar refractivity (Wildman–Crippen MR) is 135 cm³/mol. The van der Waals surface area contributed by atoms with E-state index in [1.807, 2.05) is 18.3 Å². The van der Waals surface area contributed by atoms with E-state index in [0.29, 0.717) is 16.9 Å². The number of hydrogen-bond acceptors (Lipinski definition) is 3. The molecule has 4 rings (SSSR count). The maximum atomic E-state index is 6.27. The van der Waals surface area contributed by atoms with E-state index in [4.69, 9.17) is 28.8 Å². The van der Waals surface area contributed by atoms with Gasteiger partial charge in [-0.1, -0.05) is 50.4 Å². The van der Waals surface area contributed by atoms with Crippen molar-refractivity contribution in [2.75, 3.05) is 29.9 Å². The minimum atomic E-state index is 0.0976. The highest BCUT2D eigenvalue weighted by Gasteiger charge is 2.35. The van der Waals surface area contributed by atoms with Crippen LogP contribution in [-0.4, -0.2) is 29.7 Å². The number of nitrogens with zero attached hydrogens (tertiary/aromatic N) is 2. The minimum absolute atomic E-state index is 0.0976. The van der Waals surface area contributed by atoms with Crippen LogP contribution in [0.1, 0.15) is 51.5 Å². The number of nitrogens with one attached hydrogen (secondary N) is 2. The Balaban J connectivity index is 1.35. The maximum absolute atomic E-state index is 6.27. The lowest BCUT2D eigenvalue weighted by Gasteiger charge is -2.35. The van der Waals surface area contributed by atoms with E-state index in [0.717, 1.165) is 49.0 Å². The second kappa shape index (κ2) is 9.74. The Kier molecular flexibility index (Phi) is 7.02. The van der Waals surface area contributed by atoms with Crippen molar-refractivity contribution < 1.29 is 0 Å². The van der Waals surface area contributed by atoms with Crippen LogP contribution in [0, 0.1) is 11.8 Å². The summed E-state index contributed by atoms with van der Waals surface area (Å²) in [4.78, 5) is 7.09. The monoisotopic (exact) mass is 456 g/mol. The first-order valence-electron chi connectivity index (χ1n) is 11.5. The Morgan fingerprint density at radius 2 is 1.90 bits per heavy atom. The Labute approximate surface area is 196 Å². The van der Waals surface area contributed by atoms with Crippen LogP contribution in [0.4, 0.5) is 11.5 Å². The van der Waals surface area contributed by atoms with E-state index in [1.54, 1.807) is 0 Å². The minimum Gasteiger partial charge on any atom is -0.362 e. The van der Waals surface area contributed by atoms with Gasteiger partial charge in [0.05, 0.1) is 11.9 Å². The molecule has 2 heterocycles. The third kappa shape index (κ3) is 5.50. The van der Waals surface area contributed by atoms with Crippen LogP contribution in [0.5, 0.6) is 0 Å². The van der Waals surface area contributed by atoms with Crippen molar-refractivity contribution in [2.45, 2.75) is 51.4 Å². The molecule has 1 aliphatic heterocycles. The maximum Gasteiger partial charge on any atom is 0.170 e. The molecule has 4 nitrogen and oxygen atoms in total. The summed E-state index contributed by atoms with van der Waals surface area (Å²) in [5.41, 5.74) is 2.33. The highest BCUT2D eigenvalue weighted by molar-refractivity contribution is 7.80. The molecule has 0 radical (unpaired) electrons. The lowest BCUT2D eigenvalue weighted by atomic mass is 9.79. The van der Waals surface area contributed by atoms with Crippen LogP contribution in [0.2, 0.25) is 5.02 Å². The summed E-state index contributed by atoms with van der Waals surface area (Å²) in [6.07, 6.45) is 7.99. The number of pyridine rings is 1. The van der Waals surface area contributed by atoms with Crippen molar-refractivity contribution in [3.8, 4) is 0 Å². The van der Waals surface area contributed by atoms with Gasteiger partial charge in [-0.15, -0.1) is 0 Å². The van der Waals surface area contributed by atoms with Crippen molar-refractivity contribution in [3.63, 3.8) is 0 Å². The molecule has 1 saturated carbocycles. The molecule has 2 fully saturated rings. The number of halogens is 1. The van der Waals surface area contributed by atoms with Crippen LogP contribution < -0.4 is 15.5 Å². The first kappa shape index (κ1) is 22.3. The summed E-state index contributed by atoms with van der Waals surface area (Å²) in [6.45, 7) is 7.62. The van der Waals surface area contributed by atoms with Crippen molar-refractivity contribution in [2.24, 2.45) is 11.8 Å². The molecule has 0 amide bonds. The highest BCUT2D eigenvalue weighted by Crippen LogP contribution is 2.41. The fourth-order valence-electron chi connectivity index (χ4n) is 5.36. The average molecular weight is 457 g/mol. The van der Waals surface area contributed by atoms with Gasteiger partial charge >= 0.3 is 0 Å². The van der Waals surface area contributed by atoms with Gasteiger partial charge in [-0.05, 0) is 73.1 Å². The molecule has 2 aliphatic rings. The zero-order valence-electron chi connectivity index (χ0n) is 18.5. The van der Waals surface area contributed by atoms with Gasteiger partial charge in [-0.25, -0.2) is 4.98 Å². The van der Waals surface area contributed by atoms with Gasteiger partial charge < -0.3 is 15.5 Å². The quantitative estimate of drug-likeness (QED) is 0.538. The number of benzene rings is 1. The smallest absolute Gasteiger partial charge is 0.170 e. The van der Waals surface area contributed by atoms with E-state index in [1.165, 1.54) is 24.8 Å². The first-order valence-corrected chi connectivity index (χ1v) is 12.2. The van der Waals surface area contributed by atoms with Crippen molar-refractivity contribution in [3.05, 3.63) is 53.2 Å². The summed E-state index contributed by atoms with van der Waals surface area (Å²) in [5, 5.41) is 8.21. The molecule has 166 valence electrons. The normalized spacial score (nSPS) is 22.9. The van der Waals surface area contributed by atoms with E-state index in [9.17, 15) is 0 Å². The van der Waals surface area contributed by atoms with E-state index in [2.05, 4.69) is 53.6 Å². The van der Waals surface area contributed by atoms with Crippen LogP contribution in [0.3, 0.4) is 0 Å². The summed E-state index contributed by atoms with van der Waals surface area (Å²) < 4.78 is 0. The largest absolute Gasteiger partial charge is 0.362 e.